The Morgan fingerprint density at radius 1 is 1.07 bits per heavy atom. The van der Waals surface area contributed by atoms with Crippen molar-refractivity contribution in [2.45, 2.75) is 37.5 Å². The Balaban J connectivity index is 1.53. The molecule has 2 amide bonds. The van der Waals surface area contributed by atoms with E-state index in [4.69, 9.17) is 60.0 Å². The molecule has 3 aromatic rings. The number of halogens is 6. The number of carbonyl (C=O) groups excluding carboxylic acids is 3. The van der Waals surface area contributed by atoms with Gasteiger partial charge in [0.15, 0.2) is 18.1 Å². The van der Waals surface area contributed by atoms with Gasteiger partial charge in [0, 0.05) is 45.8 Å². The largest absolute Gasteiger partial charge is 0.519 e. The highest BCUT2D eigenvalue weighted by Gasteiger charge is 2.75. The van der Waals surface area contributed by atoms with Crippen molar-refractivity contribution in [3.05, 3.63) is 78.1 Å². The third kappa shape index (κ3) is 4.78. The lowest BCUT2D eigenvalue weighted by molar-refractivity contribution is -0.160. The molecule has 1 spiro atoms. The molecule has 16 heteroatoms. The summed E-state index contributed by atoms with van der Waals surface area (Å²) >= 11 is 25.1. The van der Waals surface area contributed by atoms with Gasteiger partial charge >= 0.3 is 11.8 Å². The first kappa shape index (κ1) is 30.8. The van der Waals surface area contributed by atoms with Crippen LogP contribution in [-0.4, -0.2) is 48.2 Å². The number of carbonyl (C=O) groups is 3. The first-order valence-corrected chi connectivity index (χ1v) is 14.6. The van der Waals surface area contributed by atoms with E-state index in [1.165, 1.54) is 44.3 Å². The molecule has 44 heavy (non-hydrogen) atoms. The van der Waals surface area contributed by atoms with E-state index in [1.54, 1.807) is 0 Å². The van der Waals surface area contributed by atoms with E-state index in [0.29, 0.717) is 0 Å². The molecule has 1 N–H and O–H groups in total. The predicted octanol–water partition coefficient (Wildman–Crippen LogP) is 5.66. The van der Waals surface area contributed by atoms with Gasteiger partial charge < -0.3 is 23.8 Å². The fraction of sp³-hybridized carbons (Fsp3) is 0.357. The van der Waals surface area contributed by atoms with Crippen molar-refractivity contribution < 1.29 is 36.7 Å². The van der Waals surface area contributed by atoms with Crippen molar-refractivity contribution in [1.82, 2.24) is 4.90 Å². The number of anilines is 2. The summed E-state index contributed by atoms with van der Waals surface area (Å²) in [5.41, 5.74) is -1.85. The van der Waals surface area contributed by atoms with Gasteiger partial charge in [-0.25, -0.2) is 13.6 Å². The van der Waals surface area contributed by atoms with Crippen LogP contribution < -0.4 is 16.0 Å². The van der Waals surface area contributed by atoms with E-state index in [9.17, 15) is 19.2 Å². The maximum atomic E-state index is 15.2. The number of alkyl halides is 2. The second kappa shape index (κ2) is 10.7. The van der Waals surface area contributed by atoms with Gasteiger partial charge in [0.05, 0.1) is 23.2 Å². The van der Waals surface area contributed by atoms with Crippen LogP contribution in [0.4, 0.5) is 20.2 Å². The topological polar surface area (TPSA) is 122 Å². The summed E-state index contributed by atoms with van der Waals surface area (Å²) in [6, 6.07) is 5.70. The van der Waals surface area contributed by atoms with Crippen LogP contribution >= 0.6 is 46.4 Å². The quantitative estimate of drug-likeness (QED) is 0.340. The molecule has 4 heterocycles. The minimum absolute atomic E-state index is 0.00334. The zero-order valence-electron chi connectivity index (χ0n) is 22.8. The van der Waals surface area contributed by atoms with Gasteiger partial charge in [-0.2, -0.15) is 0 Å². The molecule has 1 aromatic heterocycles. The molecule has 6 rings (SSSR count). The standard InChI is InChI=1S/C28H21Cl4F2N3O7/c1-11-19(44-26(41)43-11)9-42-24(39)21-20(23(38)36(2)15-4-12(29)3-13(30)5-15)18-8-27(33,34)10-37(18)28(21)16-6-14(31)7-17(32)22(16)35-25(28)40/h3-7,18,20-21H,8-10H2,1-2H3,(H,35,40)/t18-,20+,21-,28+/m1/s1. The Kier molecular flexibility index (Phi) is 7.52. The molecule has 4 atom stereocenters. The maximum Gasteiger partial charge on any atom is 0.519 e. The molecular weight excluding hydrogens is 670 g/mol. The number of aryl methyl sites for hydroxylation is 1. The summed E-state index contributed by atoms with van der Waals surface area (Å²) in [7, 11) is 1.37. The molecule has 0 unspecified atom stereocenters. The van der Waals surface area contributed by atoms with Crippen LogP contribution in [0.5, 0.6) is 0 Å². The molecule has 0 aliphatic carbocycles. The second-order valence-electron chi connectivity index (χ2n) is 10.9. The number of amides is 2. The maximum absolute atomic E-state index is 15.2. The Hall–Kier alpha value is -3.16. The zero-order valence-corrected chi connectivity index (χ0v) is 25.8. The number of hydrogen-bond donors (Lipinski definition) is 1. The van der Waals surface area contributed by atoms with Crippen LogP contribution in [0.3, 0.4) is 0 Å². The van der Waals surface area contributed by atoms with Crippen molar-refractivity contribution >= 4 is 75.6 Å². The highest BCUT2D eigenvalue weighted by atomic mass is 35.5. The van der Waals surface area contributed by atoms with Gasteiger partial charge in [0.1, 0.15) is 11.5 Å². The first-order chi connectivity index (χ1) is 20.6. The van der Waals surface area contributed by atoms with Crippen LogP contribution in [0, 0.1) is 18.8 Å². The van der Waals surface area contributed by atoms with E-state index in [1.807, 2.05) is 0 Å². The monoisotopic (exact) mass is 689 g/mol. The van der Waals surface area contributed by atoms with Crippen LogP contribution in [0.2, 0.25) is 20.1 Å². The Morgan fingerprint density at radius 2 is 1.73 bits per heavy atom. The van der Waals surface area contributed by atoms with Crippen LogP contribution in [0.25, 0.3) is 0 Å². The number of ether oxygens (including phenoxy) is 1. The van der Waals surface area contributed by atoms with Gasteiger partial charge in [-0.3, -0.25) is 19.3 Å². The van der Waals surface area contributed by atoms with Crippen LogP contribution in [-0.2, 0) is 31.3 Å². The van der Waals surface area contributed by atoms with Crippen molar-refractivity contribution in [3.63, 3.8) is 0 Å². The fourth-order valence-corrected chi connectivity index (χ4v) is 7.64. The lowest BCUT2D eigenvalue weighted by Crippen LogP contribution is -2.54. The number of benzene rings is 2. The fourth-order valence-electron chi connectivity index (χ4n) is 6.58. The lowest BCUT2D eigenvalue weighted by atomic mass is 9.73. The van der Waals surface area contributed by atoms with E-state index in [-0.39, 0.29) is 48.5 Å². The lowest BCUT2D eigenvalue weighted by Gasteiger charge is -2.36. The van der Waals surface area contributed by atoms with Gasteiger partial charge in [-0.15, -0.1) is 0 Å². The number of fused-ring (bicyclic) bond motifs is 4. The van der Waals surface area contributed by atoms with Gasteiger partial charge in [0.2, 0.25) is 5.91 Å². The predicted molar refractivity (Wildman–Crippen MR) is 155 cm³/mol. The van der Waals surface area contributed by atoms with E-state index < -0.39 is 72.5 Å². The van der Waals surface area contributed by atoms with Crippen LogP contribution in [0.1, 0.15) is 23.5 Å². The van der Waals surface area contributed by atoms with Crippen LogP contribution in [0.15, 0.2) is 44.0 Å². The molecule has 0 bridgehead atoms. The molecule has 2 fully saturated rings. The van der Waals surface area contributed by atoms with E-state index in [0.717, 1.165) is 9.80 Å². The van der Waals surface area contributed by atoms with Crippen molar-refractivity contribution in [1.29, 1.82) is 0 Å². The third-order valence-corrected chi connectivity index (χ3v) is 9.28. The molecular formula is C28H21Cl4F2N3O7. The number of nitrogens with one attached hydrogen (secondary N) is 1. The first-order valence-electron chi connectivity index (χ1n) is 13.1. The average molecular weight is 691 g/mol. The SMILES string of the molecule is Cc1oc(=O)oc1COC(=O)[C@H]1[C@@H](C(=O)N(C)c2cc(Cl)cc(Cl)c2)[C@H]2CC(F)(F)CN2[C@]12C(=O)Nc1c(Cl)cc(Cl)cc12. The summed E-state index contributed by atoms with van der Waals surface area (Å²) in [4.78, 5) is 56.4. The van der Waals surface area contributed by atoms with Crippen molar-refractivity contribution in [3.8, 4) is 0 Å². The molecule has 232 valence electrons. The van der Waals surface area contributed by atoms with Gasteiger partial charge in [0.25, 0.3) is 11.8 Å². The highest BCUT2D eigenvalue weighted by molar-refractivity contribution is 6.38. The molecule has 3 aliphatic heterocycles. The van der Waals surface area contributed by atoms with Crippen molar-refractivity contribution in [2.24, 2.45) is 11.8 Å². The summed E-state index contributed by atoms with van der Waals surface area (Å²) in [6.07, 6.45) is -0.842. The molecule has 0 saturated carbocycles. The van der Waals surface area contributed by atoms with Gasteiger partial charge in [-0.1, -0.05) is 46.4 Å². The third-order valence-electron chi connectivity index (χ3n) is 8.32. The number of hydrogen-bond acceptors (Lipinski definition) is 8. The normalized spacial score (nSPS) is 25.2. The average Bonchev–Trinajstić information content (AvgIpc) is 3.60. The Labute approximate surface area is 267 Å². The number of nitrogens with zero attached hydrogens (tertiary/aromatic N) is 2. The van der Waals surface area contributed by atoms with E-state index in [2.05, 4.69) is 5.32 Å². The van der Waals surface area contributed by atoms with E-state index >= 15 is 8.78 Å². The van der Waals surface area contributed by atoms with Gasteiger partial charge in [-0.05, 0) is 37.3 Å². The van der Waals surface area contributed by atoms with Crippen molar-refractivity contribution in [2.75, 3.05) is 23.8 Å². The molecule has 0 radical (unpaired) electrons. The summed E-state index contributed by atoms with van der Waals surface area (Å²) in [5.74, 6) is -10.4. The molecule has 2 aromatic carbocycles. The Morgan fingerprint density at radius 3 is 2.36 bits per heavy atom. The smallest absolute Gasteiger partial charge is 0.457 e. The molecule has 2 saturated heterocycles. The minimum Gasteiger partial charge on any atom is -0.457 e. The number of esters is 1. The summed E-state index contributed by atoms with van der Waals surface area (Å²) in [5, 5.41) is 3.08. The second-order valence-corrected chi connectivity index (χ2v) is 12.6. The zero-order chi connectivity index (χ0) is 31.9. The molecule has 10 nitrogen and oxygen atoms in total. The number of rotatable bonds is 5. The summed E-state index contributed by atoms with van der Waals surface area (Å²) in [6.45, 7) is -0.148. The highest BCUT2D eigenvalue weighted by Crippen LogP contribution is 2.61. The summed E-state index contributed by atoms with van der Waals surface area (Å²) < 4.78 is 45.7. The Bertz CT molecular complexity index is 1780. The molecule has 3 aliphatic rings. The minimum atomic E-state index is -3.33.